The quantitative estimate of drug-likeness (QED) is 0.534. The smallest absolute Gasteiger partial charge is 0.123 e. The molecule has 0 aliphatic carbocycles. The highest BCUT2D eigenvalue weighted by atomic mass is 19.1. The van der Waals surface area contributed by atoms with Crippen LogP contribution in [0, 0.1) is 17.5 Å². The minimum atomic E-state index is -0.318. The molecule has 0 bridgehead atoms. The number of benzene rings is 3. The number of allylic oxidation sites excluding steroid dienone is 1. The van der Waals surface area contributed by atoms with Crippen LogP contribution in [0.5, 0.6) is 0 Å². The lowest BCUT2D eigenvalue weighted by molar-refractivity contribution is 0.622. The lowest BCUT2D eigenvalue weighted by atomic mass is 10.0. The fourth-order valence-corrected chi connectivity index (χ4v) is 3.18. The Kier molecular flexibility index (Phi) is 4.98. The Bertz CT molecular complexity index is 1010. The van der Waals surface area contributed by atoms with Crippen LogP contribution in [0.1, 0.15) is 23.6 Å². The highest BCUT2D eigenvalue weighted by Crippen LogP contribution is 2.35. The van der Waals surface area contributed by atoms with E-state index in [1.807, 2.05) is 17.2 Å². The third kappa shape index (κ3) is 3.98. The Morgan fingerprint density at radius 2 is 1.25 bits per heavy atom. The molecule has 0 amide bonds. The first-order chi connectivity index (χ1) is 13.6. The first kappa shape index (κ1) is 18.0. The van der Waals surface area contributed by atoms with Gasteiger partial charge in [0.2, 0.25) is 0 Å². The summed E-state index contributed by atoms with van der Waals surface area (Å²) in [7, 11) is 0. The zero-order chi connectivity index (χ0) is 19.5. The van der Waals surface area contributed by atoms with Crippen molar-refractivity contribution in [3.63, 3.8) is 0 Å². The standard InChI is InChI=1S/C23H17F3N2/c24-18-6-1-16(2-7-18)3-12-21-15-23(17-4-8-19(25)9-5-17)28(27-21)22-13-10-20(26)11-14-22/h1-14,23H,15H2/t23-/m0/s1. The van der Waals surface area contributed by atoms with E-state index in [-0.39, 0.29) is 23.5 Å². The molecule has 1 aliphatic heterocycles. The third-order valence-corrected chi connectivity index (χ3v) is 4.62. The van der Waals surface area contributed by atoms with Crippen molar-refractivity contribution in [3.05, 3.63) is 107 Å². The Hall–Kier alpha value is -3.34. The molecule has 4 rings (SSSR count). The van der Waals surface area contributed by atoms with E-state index >= 15 is 0 Å². The number of nitrogens with zero attached hydrogens (tertiary/aromatic N) is 2. The molecule has 0 unspecified atom stereocenters. The number of hydrogen-bond donors (Lipinski definition) is 0. The maximum Gasteiger partial charge on any atom is 0.123 e. The Balaban J connectivity index is 1.64. The summed E-state index contributed by atoms with van der Waals surface area (Å²) in [4.78, 5) is 0. The number of rotatable bonds is 4. The van der Waals surface area contributed by atoms with E-state index < -0.39 is 0 Å². The summed E-state index contributed by atoms with van der Waals surface area (Å²) in [5, 5.41) is 6.49. The van der Waals surface area contributed by atoms with Crippen LogP contribution in [0.15, 0.2) is 84.0 Å². The van der Waals surface area contributed by atoms with Crippen LogP contribution in [0.4, 0.5) is 18.9 Å². The van der Waals surface area contributed by atoms with E-state index in [1.54, 1.807) is 36.4 Å². The molecule has 0 radical (unpaired) electrons. The second-order valence-electron chi connectivity index (χ2n) is 6.57. The van der Waals surface area contributed by atoms with Crippen molar-refractivity contribution < 1.29 is 13.2 Å². The van der Waals surface area contributed by atoms with Crippen LogP contribution < -0.4 is 5.01 Å². The summed E-state index contributed by atoms with van der Waals surface area (Å²) in [6.07, 6.45) is 4.36. The third-order valence-electron chi connectivity index (χ3n) is 4.62. The van der Waals surface area contributed by atoms with Crippen molar-refractivity contribution in [1.29, 1.82) is 0 Å². The van der Waals surface area contributed by atoms with E-state index in [1.165, 1.54) is 36.4 Å². The lowest BCUT2D eigenvalue weighted by Crippen LogP contribution is -2.18. The summed E-state index contributed by atoms with van der Waals surface area (Å²) in [5.74, 6) is -0.900. The zero-order valence-corrected chi connectivity index (χ0v) is 14.9. The highest BCUT2D eigenvalue weighted by Gasteiger charge is 2.28. The van der Waals surface area contributed by atoms with Gasteiger partial charge in [0, 0.05) is 6.42 Å². The molecule has 140 valence electrons. The number of anilines is 1. The maximum atomic E-state index is 13.3. The summed E-state index contributed by atoms with van der Waals surface area (Å²) < 4.78 is 39.7. The van der Waals surface area contributed by atoms with Crippen molar-refractivity contribution in [1.82, 2.24) is 0 Å². The predicted molar refractivity (Wildman–Crippen MR) is 106 cm³/mol. The molecule has 0 saturated carbocycles. The normalized spacial score (nSPS) is 16.6. The summed E-state index contributed by atoms with van der Waals surface area (Å²) >= 11 is 0. The van der Waals surface area contributed by atoms with E-state index in [9.17, 15) is 13.2 Å². The second-order valence-corrected chi connectivity index (χ2v) is 6.57. The summed E-state index contributed by atoms with van der Waals surface area (Å²) in [6.45, 7) is 0. The SMILES string of the molecule is Fc1ccc(C=CC2=NN(c3ccc(F)cc3)[C@H](c3ccc(F)cc3)C2)cc1. The van der Waals surface area contributed by atoms with Crippen LogP contribution in [-0.4, -0.2) is 5.71 Å². The van der Waals surface area contributed by atoms with Gasteiger partial charge in [0.1, 0.15) is 17.5 Å². The molecule has 28 heavy (non-hydrogen) atoms. The van der Waals surface area contributed by atoms with E-state index in [0.29, 0.717) is 6.42 Å². The van der Waals surface area contributed by atoms with Gasteiger partial charge in [-0.1, -0.05) is 30.3 Å². The monoisotopic (exact) mass is 378 g/mol. The van der Waals surface area contributed by atoms with E-state index in [0.717, 1.165) is 22.5 Å². The molecule has 0 aromatic heterocycles. The zero-order valence-electron chi connectivity index (χ0n) is 14.9. The van der Waals surface area contributed by atoms with Gasteiger partial charge in [0.25, 0.3) is 0 Å². The number of hydrogen-bond acceptors (Lipinski definition) is 2. The molecule has 0 fully saturated rings. The van der Waals surface area contributed by atoms with Crippen LogP contribution in [0.2, 0.25) is 0 Å². The van der Waals surface area contributed by atoms with Crippen molar-refractivity contribution in [2.24, 2.45) is 5.10 Å². The van der Waals surface area contributed by atoms with E-state index in [4.69, 9.17) is 0 Å². The molecule has 1 heterocycles. The number of halogens is 3. The highest BCUT2D eigenvalue weighted by molar-refractivity contribution is 6.01. The molecule has 3 aromatic carbocycles. The molecule has 2 nitrogen and oxygen atoms in total. The van der Waals surface area contributed by atoms with Gasteiger partial charge in [0.05, 0.1) is 17.4 Å². The van der Waals surface area contributed by atoms with Crippen molar-refractivity contribution in [2.45, 2.75) is 12.5 Å². The molecule has 1 atom stereocenters. The van der Waals surface area contributed by atoms with Crippen molar-refractivity contribution in [3.8, 4) is 0 Å². The van der Waals surface area contributed by atoms with Gasteiger partial charge in [-0.05, 0) is 65.7 Å². The van der Waals surface area contributed by atoms with Gasteiger partial charge in [-0.3, -0.25) is 5.01 Å². The predicted octanol–water partition coefficient (Wildman–Crippen LogP) is 6.12. The first-order valence-corrected chi connectivity index (χ1v) is 8.90. The molecule has 0 N–H and O–H groups in total. The van der Waals surface area contributed by atoms with Crippen LogP contribution >= 0.6 is 0 Å². The number of hydrazone groups is 1. The fourth-order valence-electron chi connectivity index (χ4n) is 3.18. The summed E-state index contributed by atoms with van der Waals surface area (Å²) in [6, 6.07) is 18.5. The maximum absolute atomic E-state index is 13.3. The molecular formula is C23H17F3N2. The van der Waals surface area contributed by atoms with Gasteiger partial charge < -0.3 is 0 Å². The van der Waals surface area contributed by atoms with Crippen LogP contribution in [0.3, 0.4) is 0 Å². The van der Waals surface area contributed by atoms with Gasteiger partial charge in [-0.25, -0.2) is 13.2 Å². The Morgan fingerprint density at radius 3 is 1.86 bits per heavy atom. The molecular weight excluding hydrogens is 361 g/mol. The molecule has 3 aromatic rings. The van der Waals surface area contributed by atoms with E-state index in [2.05, 4.69) is 5.10 Å². The fraction of sp³-hybridized carbons (Fsp3) is 0.0870. The molecule has 5 heteroatoms. The minimum absolute atomic E-state index is 0.126. The van der Waals surface area contributed by atoms with Gasteiger partial charge >= 0.3 is 0 Å². The average Bonchev–Trinajstić information content (AvgIpc) is 3.13. The largest absolute Gasteiger partial charge is 0.257 e. The average molecular weight is 378 g/mol. The Labute approximate surface area is 161 Å². The Morgan fingerprint density at radius 1 is 0.714 bits per heavy atom. The lowest BCUT2D eigenvalue weighted by Gasteiger charge is -2.24. The van der Waals surface area contributed by atoms with Gasteiger partial charge in [-0.15, -0.1) is 0 Å². The second kappa shape index (κ2) is 7.72. The first-order valence-electron chi connectivity index (χ1n) is 8.90. The van der Waals surface area contributed by atoms with Gasteiger partial charge in [0.15, 0.2) is 0 Å². The molecule has 0 spiro atoms. The topological polar surface area (TPSA) is 15.6 Å². The molecule has 1 aliphatic rings. The molecule has 0 saturated heterocycles. The van der Waals surface area contributed by atoms with Crippen molar-refractivity contribution >= 4 is 17.5 Å². The van der Waals surface area contributed by atoms with Crippen LogP contribution in [0.25, 0.3) is 6.08 Å². The summed E-state index contributed by atoms with van der Waals surface area (Å²) in [5.41, 5.74) is 3.35. The minimum Gasteiger partial charge on any atom is -0.257 e. The van der Waals surface area contributed by atoms with Gasteiger partial charge in [-0.2, -0.15) is 5.10 Å². The van der Waals surface area contributed by atoms with Crippen molar-refractivity contribution in [2.75, 3.05) is 5.01 Å². The van der Waals surface area contributed by atoms with Crippen LogP contribution in [-0.2, 0) is 0 Å².